The van der Waals surface area contributed by atoms with Gasteiger partial charge in [-0.15, -0.1) is 0 Å². The van der Waals surface area contributed by atoms with Gasteiger partial charge in [0.25, 0.3) is 0 Å². The minimum absolute atomic E-state index is 0.153. The van der Waals surface area contributed by atoms with E-state index in [0.717, 1.165) is 38.2 Å². The first-order chi connectivity index (χ1) is 7.33. The fourth-order valence-corrected chi connectivity index (χ4v) is 1.40. The molecular formula is C12H19FN2. The van der Waals surface area contributed by atoms with Crippen LogP contribution in [0.25, 0.3) is 0 Å². The van der Waals surface area contributed by atoms with Crippen molar-refractivity contribution in [1.82, 2.24) is 10.6 Å². The van der Waals surface area contributed by atoms with Gasteiger partial charge in [0.05, 0.1) is 0 Å². The number of likely N-dealkylation sites (N-methyl/N-ethyl adjacent to an activating group) is 1. The summed E-state index contributed by atoms with van der Waals surface area (Å²) in [6.07, 6.45) is 0.879. The molecule has 0 spiro atoms. The van der Waals surface area contributed by atoms with Gasteiger partial charge in [0.2, 0.25) is 0 Å². The molecule has 0 aliphatic rings. The Morgan fingerprint density at radius 2 is 1.93 bits per heavy atom. The molecule has 1 rings (SSSR count). The van der Waals surface area contributed by atoms with Gasteiger partial charge in [0.1, 0.15) is 5.82 Å². The van der Waals surface area contributed by atoms with Crippen molar-refractivity contribution in [2.75, 3.05) is 26.2 Å². The monoisotopic (exact) mass is 210 g/mol. The molecule has 0 aliphatic heterocycles. The summed E-state index contributed by atoms with van der Waals surface area (Å²) >= 11 is 0. The van der Waals surface area contributed by atoms with Gasteiger partial charge < -0.3 is 10.6 Å². The molecule has 1 aromatic rings. The van der Waals surface area contributed by atoms with E-state index in [9.17, 15) is 4.39 Å². The van der Waals surface area contributed by atoms with E-state index in [1.165, 1.54) is 6.07 Å². The lowest BCUT2D eigenvalue weighted by Gasteiger charge is -2.05. The van der Waals surface area contributed by atoms with E-state index in [2.05, 4.69) is 17.6 Å². The Bertz CT molecular complexity index is 276. The van der Waals surface area contributed by atoms with Crippen LogP contribution < -0.4 is 10.6 Å². The topological polar surface area (TPSA) is 24.1 Å². The highest BCUT2D eigenvalue weighted by atomic mass is 19.1. The van der Waals surface area contributed by atoms with Gasteiger partial charge in [-0.05, 0) is 37.2 Å². The Morgan fingerprint density at radius 1 is 1.13 bits per heavy atom. The molecule has 0 aliphatic carbocycles. The molecule has 0 amide bonds. The molecule has 84 valence electrons. The highest BCUT2D eigenvalue weighted by molar-refractivity contribution is 5.16. The van der Waals surface area contributed by atoms with Crippen molar-refractivity contribution in [1.29, 1.82) is 0 Å². The van der Waals surface area contributed by atoms with Crippen molar-refractivity contribution < 1.29 is 4.39 Å². The number of hydrogen-bond donors (Lipinski definition) is 2. The maximum atomic E-state index is 12.8. The Labute approximate surface area is 90.9 Å². The number of nitrogens with one attached hydrogen (secondary N) is 2. The summed E-state index contributed by atoms with van der Waals surface area (Å²) in [5.41, 5.74) is 1.05. The molecule has 0 unspecified atom stereocenters. The molecule has 0 saturated heterocycles. The second kappa shape index (κ2) is 7.37. The van der Waals surface area contributed by atoms with Crippen LogP contribution in [0.15, 0.2) is 24.3 Å². The number of rotatable bonds is 7. The van der Waals surface area contributed by atoms with Crippen LogP contribution in [0.4, 0.5) is 4.39 Å². The largest absolute Gasteiger partial charge is 0.316 e. The Hall–Kier alpha value is -0.930. The molecule has 0 atom stereocenters. The van der Waals surface area contributed by atoms with Crippen molar-refractivity contribution in [3.05, 3.63) is 35.6 Å². The summed E-state index contributed by atoms with van der Waals surface area (Å²) in [4.78, 5) is 0. The van der Waals surface area contributed by atoms with Crippen LogP contribution in [0, 0.1) is 5.82 Å². The molecule has 2 N–H and O–H groups in total. The normalized spacial score (nSPS) is 10.5. The van der Waals surface area contributed by atoms with Crippen LogP contribution in [0.5, 0.6) is 0 Å². The standard InChI is InChI=1S/C12H19FN2/c1-2-14-8-9-15-7-6-11-4-3-5-12(13)10-11/h3-5,10,14-15H,2,6-9H2,1H3. The third-order valence-electron chi connectivity index (χ3n) is 2.21. The predicted molar refractivity (Wildman–Crippen MR) is 61.5 cm³/mol. The quantitative estimate of drug-likeness (QED) is 0.667. The molecule has 0 radical (unpaired) electrons. The van der Waals surface area contributed by atoms with E-state index >= 15 is 0 Å². The van der Waals surface area contributed by atoms with Crippen molar-refractivity contribution in [3.63, 3.8) is 0 Å². The Morgan fingerprint density at radius 3 is 2.67 bits per heavy atom. The van der Waals surface area contributed by atoms with Crippen LogP contribution in [-0.4, -0.2) is 26.2 Å². The van der Waals surface area contributed by atoms with Gasteiger partial charge in [-0.1, -0.05) is 19.1 Å². The minimum atomic E-state index is -0.153. The van der Waals surface area contributed by atoms with Crippen LogP contribution in [-0.2, 0) is 6.42 Å². The maximum Gasteiger partial charge on any atom is 0.123 e. The highest BCUT2D eigenvalue weighted by Gasteiger charge is 1.94. The van der Waals surface area contributed by atoms with E-state index in [1.54, 1.807) is 12.1 Å². The van der Waals surface area contributed by atoms with E-state index in [1.807, 2.05) is 6.07 Å². The second-order valence-electron chi connectivity index (χ2n) is 3.48. The van der Waals surface area contributed by atoms with Gasteiger partial charge in [0.15, 0.2) is 0 Å². The van der Waals surface area contributed by atoms with Gasteiger partial charge in [-0.25, -0.2) is 4.39 Å². The van der Waals surface area contributed by atoms with E-state index in [-0.39, 0.29) is 5.82 Å². The smallest absolute Gasteiger partial charge is 0.123 e. The van der Waals surface area contributed by atoms with Gasteiger partial charge >= 0.3 is 0 Å². The maximum absolute atomic E-state index is 12.8. The molecular weight excluding hydrogens is 191 g/mol. The van der Waals surface area contributed by atoms with Crippen molar-refractivity contribution in [2.45, 2.75) is 13.3 Å². The summed E-state index contributed by atoms with van der Waals surface area (Å²) in [7, 11) is 0. The van der Waals surface area contributed by atoms with Gasteiger partial charge in [-0.3, -0.25) is 0 Å². The van der Waals surface area contributed by atoms with Crippen LogP contribution in [0.1, 0.15) is 12.5 Å². The van der Waals surface area contributed by atoms with E-state index in [4.69, 9.17) is 0 Å². The van der Waals surface area contributed by atoms with E-state index < -0.39 is 0 Å². The van der Waals surface area contributed by atoms with Crippen LogP contribution in [0.3, 0.4) is 0 Å². The third kappa shape index (κ3) is 5.50. The Kier molecular flexibility index (Phi) is 5.97. The van der Waals surface area contributed by atoms with Crippen molar-refractivity contribution in [2.24, 2.45) is 0 Å². The molecule has 0 saturated carbocycles. The lowest BCUT2D eigenvalue weighted by atomic mass is 10.1. The average Bonchev–Trinajstić information content (AvgIpc) is 2.23. The van der Waals surface area contributed by atoms with Crippen molar-refractivity contribution in [3.8, 4) is 0 Å². The molecule has 0 bridgehead atoms. The average molecular weight is 210 g/mol. The van der Waals surface area contributed by atoms with Crippen molar-refractivity contribution >= 4 is 0 Å². The summed E-state index contributed by atoms with van der Waals surface area (Å²) in [6, 6.07) is 6.77. The fraction of sp³-hybridized carbons (Fsp3) is 0.500. The zero-order valence-corrected chi connectivity index (χ0v) is 9.22. The summed E-state index contributed by atoms with van der Waals surface area (Å²) < 4.78 is 12.8. The number of halogens is 1. The number of benzene rings is 1. The second-order valence-corrected chi connectivity index (χ2v) is 3.48. The molecule has 0 fully saturated rings. The molecule has 1 aromatic carbocycles. The number of hydrogen-bond acceptors (Lipinski definition) is 2. The van der Waals surface area contributed by atoms with Crippen LogP contribution >= 0.6 is 0 Å². The molecule has 15 heavy (non-hydrogen) atoms. The molecule has 2 nitrogen and oxygen atoms in total. The third-order valence-corrected chi connectivity index (χ3v) is 2.21. The first kappa shape index (κ1) is 12.1. The minimum Gasteiger partial charge on any atom is -0.316 e. The zero-order chi connectivity index (χ0) is 10.9. The lowest BCUT2D eigenvalue weighted by molar-refractivity contribution is 0.614. The fourth-order valence-electron chi connectivity index (χ4n) is 1.40. The molecule has 3 heteroatoms. The summed E-state index contributed by atoms with van der Waals surface area (Å²) in [5, 5.41) is 6.54. The highest BCUT2D eigenvalue weighted by Crippen LogP contribution is 2.03. The lowest BCUT2D eigenvalue weighted by Crippen LogP contribution is -2.28. The van der Waals surface area contributed by atoms with Gasteiger partial charge in [-0.2, -0.15) is 0 Å². The summed E-state index contributed by atoms with van der Waals surface area (Å²) in [5.74, 6) is -0.153. The predicted octanol–water partition coefficient (Wildman–Crippen LogP) is 1.57. The Balaban J connectivity index is 2.10. The van der Waals surface area contributed by atoms with E-state index in [0.29, 0.717) is 0 Å². The van der Waals surface area contributed by atoms with Crippen LogP contribution in [0.2, 0.25) is 0 Å². The van der Waals surface area contributed by atoms with Gasteiger partial charge in [0, 0.05) is 13.1 Å². The summed E-state index contributed by atoms with van der Waals surface area (Å²) in [6.45, 7) is 5.94. The molecule has 0 heterocycles. The zero-order valence-electron chi connectivity index (χ0n) is 9.22. The first-order valence-corrected chi connectivity index (χ1v) is 5.49. The first-order valence-electron chi connectivity index (χ1n) is 5.49. The molecule has 0 aromatic heterocycles. The SMILES string of the molecule is CCNCCNCCc1cccc(F)c1.